The number of nitrogens with two attached hydrogens (primary N) is 2. The van der Waals surface area contributed by atoms with Crippen molar-refractivity contribution in [3.8, 4) is 16.9 Å². The summed E-state index contributed by atoms with van der Waals surface area (Å²) in [6.07, 6.45) is 0.285. The maximum Gasteiger partial charge on any atom is 0.255 e. The summed E-state index contributed by atoms with van der Waals surface area (Å²) in [4.78, 5) is 39.3. The van der Waals surface area contributed by atoms with E-state index < -0.39 is 57.9 Å². The van der Waals surface area contributed by atoms with Crippen molar-refractivity contribution in [2.24, 2.45) is 29.4 Å². The van der Waals surface area contributed by atoms with Crippen LogP contribution < -0.4 is 11.5 Å². The molecule has 3 aliphatic rings. The van der Waals surface area contributed by atoms with Crippen molar-refractivity contribution in [1.82, 2.24) is 0 Å². The number of benzene rings is 2. The van der Waals surface area contributed by atoms with Crippen LogP contribution in [0.1, 0.15) is 37.0 Å². The third-order valence-corrected chi connectivity index (χ3v) is 8.44. The molecule has 0 aliphatic heterocycles. The van der Waals surface area contributed by atoms with E-state index in [0.29, 0.717) is 16.8 Å². The van der Waals surface area contributed by atoms with Gasteiger partial charge in [0.15, 0.2) is 11.4 Å². The number of amides is 1. The number of primary amides is 1. The molecule has 0 aromatic heterocycles. The summed E-state index contributed by atoms with van der Waals surface area (Å²) in [7, 11) is 0. The number of carbonyl (C=O) groups excluding carboxylic acids is 3. The molecule has 1 saturated carbocycles. The average Bonchev–Trinajstić information content (AvgIpc) is 2.83. The Labute approximate surface area is 219 Å². The average molecular weight is 519 g/mol. The number of Topliss-reactive ketones (excluding diaryl/α,β-unsaturated/α-hetero) is 2. The highest BCUT2D eigenvalue weighted by atomic mass is 16.3. The van der Waals surface area contributed by atoms with Gasteiger partial charge in [-0.25, -0.2) is 0 Å². The largest absolute Gasteiger partial charge is 0.508 e. The van der Waals surface area contributed by atoms with E-state index in [2.05, 4.69) is 0 Å². The van der Waals surface area contributed by atoms with Crippen LogP contribution in [0, 0.1) is 30.6 Å². The number of hydrogen-bond donors (Lipinski definition) is 6. The van der Waals surface area contributed by atoms with E-state index in [-0.39, 0.29) is 35.6 Å². The van der Waals surface area contributed by atoms with E-state index in [1.54, 1.807) is 26.0 Å². The highest BCUT2D eigenvalue weighted by molar-refractivity contribution is 6.23. The van der Waals surface area contributed by atoms with Crippen LogP contribution in [0.2, 0.25) is 0 Å². The molecule has 2 aromatic rings. The van der Waals surface area contributed by atoms with Crippen LogP contribution in [-0.2, 0) is 20.8 Å². The lowest BCUT2D eigenvalue weighted by Crippen LogP contribution is -2.62. The first-order valence-electron chi connectivity index (χ1n) is 12.5. The van der Waals surface area contributed by atoms with E-state index in [1.807, 2.05) is 19.1 Å². The van der Waals surface area contributed by atoms with Gasteiger partial charge in [0.05, 0.1) is 5.56 Å². The molecule has 1 amide bonds. The van der Waals surface area contributed by atoms with E-state index in [9.17, 15) is 34.8 Å². The second kappa shape index (κ2) is 8.46. The van der Waals surface area contributed by atoms with Gasteiger partial charge in [-0.05, 0) is 66.0 Å². The van der Waals surface area contributed by atoms with Gasteiger partial charge >= 0.3 is 0 Å². The van der Waals surface area contributed by atoms with Crippen LogP contribution in [0.4, 0.5) is 5.69 Å². The van der Waals surface area contributed by atoms with Crippen LogP contribution in [0.25, 0.3) is 16.9 Å². The molecule has 0 heterocycles. The van der Waals surface area contributed by atoms with Crippen LogP contribution >= 0.6 is 0 Å². The zero-order valence-electron chi connectivity index (χ0n) is 21.3. The van der Waals surface area contributed by atoms with E-state index >= 15 is 0 Å². The molecule has 8 N–H and O–H groups in total. The maximum absolute atomic E-state index is 13.9. The molecular weight excluding hydrogens is 488 g/mol. The van der Waals surface area contributed by atoms with Crippen molar-refractivity contribution in [1.29, 1.82) is 0 Å². The van der Waals surface area contributed by atoms with Crippen LogP contribution in [0.3, 0.4) is 0 Å². The summed E-state index contributed by atoms with van der Waals surface area (Å²) in [5.41, 5.74) is 11.5. The Morgan fingerprint density at radius 1 is 1.11 bits per heavy atom. The van der Waals surface area contributed by atoms with Gasteiger partial charge in [0, 0.05) is 23.1 Å². The van der Waals surface area contributed by atoms with E-state index in [1.165, 1.54) is 6.07 Å². The number of aryl methyl sites for hydroxylation is 1. The Bertz CT molecular complexity index is 1500. The SMILES string of the molecule is Cc1ccc(-c2ccc(O)c3c2C[C@H]2C[C@H]4[C@H](C(C)C)C(=O)C(C(N)=O)=C(O)[C@@]4(O)C(=O)C2=C3O)cc1N. The van der Waals surface area contributed by atoms with E-state index in [0.717, 1.165) is 11.1 Å². The van der Waals surface area contributed by atoms with Gasteiger partial charge in [0.25, 0.3) is 5.91 Å². The number of phenols is 1. The van der Waals surface area contributed by atoms with Gasteiger partial charge in [-0.2, -0.15) is 0 Å². The van der Waals surface area contributed by atoms with Crippen molar-refractivity contribution >= 4 is 28.9 Å². The molecule has 38 heavy (non-hydrogen) atoms. The first kappa shape index (κ1) is 25.5. The highest BCUT2D eigenvalue weighted by Gasteiger charge is 2.64. The molecule has 0 bridgehead atoms. The van der Waals surface area contributed by atoms with Gasteiger partial charge in [-0.1, -0.05) is 32.0 Å². The molecular formula is C29H30N2O7. The Balaban J connectivity index is 1.74. The number of phenolic OH excluding ortho intramolecular Hbond substituents is 1. The van der Waals surface area contributed by atoms with Gasteiger partial charge in [-0.15, -0.1) is 0 Å². The quantitative estimate of drug-likeness (QED) is 0.265. The lowest BCUT2D eigenvalue weighted by atomic mass is 9.54. The minimum absolute atomic E-state index is 0.0502. The fraction of sp³-hybridized carbons (Fsp3) is 0.345. The van der Waals surface area contributed by atoms with Gasteiger partial charge in [-0.3, -0.25) is 14.4 Å². The molecule has 9 heteroatoms. The standard InChI is InChI=1S/C29H30N2O7/c1-11(2)20-17-9-14-8-16-15(13-5-4-12(3)18(30)10-13)6-7-19(32)22(16)25(34)21(14)26(35)29(17,38)27(36)23(24(20)33)28(31)37/h4-7,10-11,14,17,20,32,34,36,38H,8-9,30H2,1-3H3,(H2,31,37)/t14-,17-,20-,29-/m0/s1. The maximum atomic E-state index is 13.9. The van der Waals surface area contributed by atoms with Crippen molar-refractivity contribution in [3.05, 3.63) is 63.9 Å². The third-order valence-electron chi connectivity index (χ3n) is 8.44. The molecule has 5 rings (SSSR count). The smallest absolute Gasteiger partial charge is 0.255 e. The number of fused-ring (bicyclic) bond motifs is 3. The normalized spacial score (nSPS) is 26.8. The van der Waals surface area contributed by atoms with Crippen molar-refractivity contribution in [3.63, 3.8) is 0 Å². The predicted molar refractivity (Wildman–Crippen MR) is 140 cm³/mol. The molecule has 4 atom stereocenters. The Morgan fingerprint density at radius 3 is 2.39 bits per heavy atom. The number of nitrogen functional groups attached to an aromatic ring is 1. The number of rotatable bonds is 3. The molecule has 0 spiro atoms. The number of carbonyl (C=O) groups is 3. The summed E-state index contributed by atoms with van der Waals surface area (Å²) in [5, 5.41) is 44.7. The minimum atomic E-state index is -2.62. The highest BCUT2D eigenvalue weighted by Crippen LogP contribution is 2.55. The molecule has 1 fully saturated rings. The second-order valence-electron chi connectivity index (χ2n) is 10.9. The van der Waals surface area contributed by atoms with Crippen LogP contribution in [-0.4, -0.2) is 43.5 Å². The number of aliphatic hydroxyl groups excluding tert-OH is 2. The minimum Gasteiger partial charge on any atom is -0.508 e. The Kier molecular flexibility index (Phi) is 5.68. The zero-order valence-corrected chi connectivity index (χ0v) is 21.3. The van der Waals surface area contributed by atoms with Gasteiger partial charge in [0.2, 0.25) is 5.78 Å². The molecule has 0 radical (unpaired) electrons. The molecule has 3 aliphatic carbocycles. The molecule has 198 valence electrons. The fourth-order valence-electron chi connectivity index (χ4n) is 6.56. The number of hydrogen-bond acceptors (Lipinski definition) is 8. The number of ketones is 2. The lowest BCUT2D eigenvalue weighted by molar-refractivity contribution is -0.155. The van der Waals surface area contributed by atoms with Crippen LogP contribution in [0.5, 0.6) is 5.75 Å². The summed E-state index contributed by atoms with van der Waals surface area (Å²) < 4.78 is 0. The number of aliphatic hydroxyl groups is 3. The predicted octanol–water partition coefficient (Wildman–Crippen LogP) is 2.86. The molecule has 0 saturated heterocycles. The monoisotopic (exact) mass is 518 g/mol. The zero-order chi connectivity index (χ0) is 27.8. The molecule has 2 aromatic carbocycles. The fourth-order valence-corrected chi connectivity index (χ4v) is 6.56. The first-order valence-corrected chi connectivity index (χ1v) is 12.5. The van der Waals surface area contributed by atoms with Crippen molar-refractivity contribution in [2.45, 2.75) is 39.2 Å². The topological polar surface area (TPSA) is 184 Å². The number of aromatic hydroxyl groups is 1. The molecule has 9 nitrogen and oxygen atoms in total. The third kappa shape index (κ3) is 3.31. The Morgan fingerprint density at radius 2 is 1.79 bits per heavy atom. The van der Waals surface area contributed by atoms with Crippen LogP contribution in [0.15, 0.2) is 47.2 Å². The summed E-state index contributed by atoms with van der Waals surface area (Å²) in [6, 6.07) is 8.66. The van der Waals surface area contributed by atoms with E-state index in [4.69, 9.17) is 11.5 Å². The Hall–Kier alpha value is -4.11. The lowest BCUT2D eigenvalue weighted by Gasteiger charge is -2.50. The van der Waals surface area contributed by atoms with Crippen molar-refractivity contribution < 1.29 is 34.8 Å². The summed E-state index contributed by atoms with van der Waals surface area (Å²) in [6.45, 7) is 5.34. The number of anilines is 1. The van der Waals surface area contributed by atoms with Gasteiger partial charge in [0.1, 0.15) is 22.8 Å². The molecule has 0 unspecified atom stereocenters. The first-order chi connectivity index (χ1) is 17.8. The second-order valence-corrected chi connectivity index (χ2v) is 10.9. The van der Waals surface area contributed by atoms with Gasteiger partial charge < -0.3 is 31.9 Å². The summed E-state index contributed by atoms with van der Waals surface area (Å²) in [5.74, 6) is -7.86. The summed E-state index contributed by atoms with van der Waals surface area (Å²) >= 11 is 0. The van der Waals surface area contributed by atoms with Crippen molar-refractivity contribution in [2.75, 3.05) is 5.73 Å².